The number of rotatable bonds is 5. The fourth-order valence-electron chi connectivity index (χ4n) is 2.22. The fraction of sp³-hybridized carbons (Fsp3) is 0.294. The van der Waals surface area contributed by atoms with E-state index in [1.54, 1.807) is 0 Å². The number of hydrogen-bond acceptors (Lipinski definition) is 2. The van der Waals surface area contributed by atoms with Crippen molar-refractivity contribution < 1.29 is 0 Å². The Morgan fingerprint density at radius 1 is 1.10 bits per heavy atom. The van der Waals surface area contributed by atoms with Crippen molar-refractivity contribution in [3.8, 4) is 0 Å². The van der Waals surface area contributed by atoms with Crippen LogP contribution in [-0.2, 0) is 0 Å². The van der Waals surface area contributed by atoms with E-state index in [4.69, 9.17) is 0 Å². The highest BCUT2D eigenvalue weighted by molar-refractivity contribution is 9.10. The average molecular weight is 333 g/mol. The van der Waals surface area contributed by atoms with Gasteiger partial charge in [-0.05, 0) is 42.3 Å². The van der Waals surface area contributed by atoms with E-state index >= 15 is 0 Å². The number of anilines is 2. The molecule has 0 fully saturated rings. The molecule has 0 aliphatic heterocycles. The SMILES string of the molecule is CCC(Nc1cccc(N(C)C)c1)c1cccc(Br)c1. The first-order valence-corrected chi connectivity index (χ1v) is 7.69. The quantitative estimate of drug-likeness (QED) is 0.821. The smallest absolute Gasteiger partial charge is 0.0511 e. The molecule has 2 nitrogen and oxygen atoms in total. The largest absolute Gasteiger partial charge is 0.378 e. The van der Waals surface area contributed by atoms with E-state index in [0.717, 1.165) is 16.6 Å². The zero-order valence-corrected chi connectivity index (χ0v) is 13.8. The molecule has 0 saturated carbocycles. The van der Waals surface area contributed by atoms with Crippen LogP contribution in [0.4, 0.5) is 11.4 Å². The van der Waals surface area contributed by atoms with E-state index in [0.29, 0.717) is 6.04 Å². The van der Waals surface area contributed by atoms with E-state index in [-0.39, 0.29) is 0 Å². The Morgan fingerprint density at radius 3 is 2.50 bits per heavy atom. The van der Waals surface area contributed by atoms with Crippen molar-refractivity contribution in [2.45, 2.75) is 19.4 Å². The second-order valence-corrected chi connectivity index (χ2v) is 6.02. The number of nitrogens with one attached hydrogen (secondary N) is 1. The van der Waals surface area contributed by atoms with Crippen LogP contribution >= 0.6 is 15.9 Å². The first-order valence-electron chi connectivity index (χ1n) is 6.89. The minimum atomic E-state index is 0.324. The van der Waals surface area contributed by atoms with Crippen LogP contribution in [0.5, 0.6) is 0 Å². The molecule has 0 aliphatic rings. The number of nitrogens with zero attached hydrogens (tertiary/aromatic N) is 1. The second-order valence-electron chi connectivity index (χ2n) is 5.10. The fourth-order valence-corrected chi connectivity index (χ4v) is 2.64. The lowest BCUT2D eigenvalue weighted by Gasteiger charge is -2.21. The van der Waals surface area contributed by atoms with Crippen LogP contribution in [0.15, 0.2) is 53.0 Å². The molecule has 0 saturated heterocycles. The topological polar surface area (TPSA) is 15.3 Å². The average Bonchev–Trinajstić information content (AvgIpc) is 2.45. The number of benzene rings is 2. The van der Waals surface area contributed by atoms with Crippen molar-refractivity contribution in [2.75, 3.05) is 24.3 Å². The Labute approximate surface area is 129 Å². The van der Waals surface area contributed by atoms with E-state index in [2.05, 4.69) is 95.7 Å². The van der Waals surface area contributed by atoms with Gasteiger partial charge in [0.05, 0.1) is 6.04 Å². The molecule has 1 atom stereocenters. The molecule has 1 unspecified atom stereocenters. The molecule has 0 aliphatic carbocycles. The molecule has 2 aromatic rings. The second kappa shape index (κ2) is 6.80. The molecule has 0 spiro atoms. The van der Waals surface area contributed by atoms with Gasteiger partial charge in [0.25, 0.3) is 0 Å². The lowest BCUT2D eigenvalue weighted by molar-refractivity contribution is 0.749. The van der Waals surface area contributed by atoms with Crippen molar-refractivity contribution >= 4 is 27.3 Å². The van der Waals surface area contributed by atoms with Crippen molar-refractivity contribution in [1.82, 2.24) is 0 Å². The van der Waals surface area contributed by atoms with Crippen LogP contribution in [0, 0.1) is 0 Å². The molecule has 1 N–H and O–H groups in total. The first-order chi connectivity index (χ1) is 9.60. The predicted molar refractivity (Wildman–Crippen MR) is 91.6 cm³/mol. The Kier molecular flexibility index (Phi) is 5.07. The van der Waals surface area contributed by atoms with Gasteiger partial charge in [0.1, 0.15) is 0 Å². The van der Waals surface area contributed by atoms with E-state index in [1.165, 1.54) is 11.3 Å². The summed E-state index contributed by atoms with van der Waals surface area (Å²) in [7, 11) is 4.12. The van der Waals surface area contributed by atoms with E-state index in [1.807, 2.05) is 0 Å². The monoisotopic (exact) mass is 332 g/mol. The molecule has 106 valence electrons. The van der Waals surface area contributed by atoms with Crippen LogP contribution in [0.1, 0.15) is 24.9 Å². The van der Waals surface area contributed by atoms with Crippen LogP contribution < -0.4 is 10.2 Å². The predicted octanol–water partition coefficient (Wildman–Crippen LogP) is 5.08. The maximum atomic E-state index is 3.62. The lowest BCUT2D eigenvalue weighted by Crippen LogP contribution is -2.12. The normalized spacial score (nSPS) is 12.0. The van der Waals surface area contributed by atoms with Gasteiger partial charge in [-0.1, -0.05) is 41.1 Å². The van der Waals surface area contributed by atoms with Crippen molar-refractivity contribution in [1.29, 1.82) is 0 Å². The summed E-state index contributed by atoms with van der Waals surface area (Å²) in [6.07, 6.45) is 1.04. The summed E-state index contributed by atoms with van der Waals surface area (Å²) in [4.78, 5) is 2.12. The number of halogens is 1. The van der Waals surface area contributed by atoms with E-state index < -0.39 is 0 Å². The summed E-state index contributed by atoms with van der Waals surface area (Å²) >= 11 is 3.54. The highest BCUT2D eigenvalue weighted by Gasteiger charge is 2.09. The molecule has 20 heavy (non-hydrogen) atoms. The highest BCUT2D eigenvalue weighted by atomic mass is 79.9. The molecule has 3 heteroatoms. The van der Waals surface area contributed by atoms with Crippen molar-refractivity contribution in [2.24, 2.45) is 0 Å². The molecule has 2 aromatic carbocycles. The van der Waals surface area contributed by atoms with Gasteiger partial charge in [-0.2, -0.15) is 0 Å². The molecular formula is C17H21BrN2. The Bertz CT molecular complexity index is 566. The van der Waals surface area contributed by atoms with Crippen molar-refractivity contribution in [3.05, 3.63) is 58.6 Å². The summed E-state index contributed by atoms with van der Waals surface area (Å²) in [5.74, 6) is 0. The Balaban J connectivity index is 2.20. The zero-order chi connectivity index (χ0) is 14.5. The van der Waals surface area contributed by atoms with Gasteiger partial charge in [-0.15, -0.1) is 0 Å². The third-order valence-corrected chi connectivity index (χ3v) is 3.86. The molecule has 0 amide bonds. The van der Waals surface area contributed by atoms with Gasteiger partial charge in [0, 0.05) is 29.9 Å². The summed E-state index contributed by atoms with van der Waals surface area (Å²) in [5, 5.41) is 3.62. The standard InChI is InChI=1S/C17H21BrN2/c1-4-17(13-7-5-8-14(18)11-13)19-15-9-6-10-16(12-15)20(2)3/h5-12,17,19H,4H2,1-3H3. The van der Waals surface area contributed by atoms with Gasteiger partial charge in [-0.3, -0.25) is 0 Å². The molecule has 0 heterocycles. The minimum Gasteiger partial charge on any atom is -0.378 e. The third kappa shape index (κ3) is 3.76. The van der Waals surface area contributed by atoms with Crippen molar-refractivity contribution in [3.63, 3.8) is 0 Å². The van der Waals surface area contributed by atoms with Crippen LogP contribution in [0.3, 0.4) is 0 Å². The summed E-state index contributed by atoms with van der Waals surface area (Å²) in [6.45, 7) is 2.20. The molecule has 0 bridgehead atoms. The zero-order valence-electron chi connectivity index (χ0n) is 12.2. The Hall–Kier alpha value is -1.48. The number of hydrogen-bond donors (Lipinski definition) is 1. The van der Waals surface area contributed by atoms with E-state index in [9.17, 15) is 0 Å². The minimum absolute atomic E-state index is 0.324. The molecule has 0 radical (unpaired) electrons. The van der Waals surface area contributed by atoms with Crippen LogP contribution in [-0.4, -0.2) is 14.1 Å². The Morgan fingerprint density at radius 2 is 1.85 bits per heavy atom. The summed E-state index contributed by atoms with van der Waals surface area (Å²) in [6, 6.07) is 17.3. The first kappa shape index (κ1) is 14.9. The van der Waals surface area contributed by atoms with Gasteiger partial charge in [-0.25, -0.2) is 0 Å². The molecule has 0 aromatic heterocycles. The third-order valence-electron chi connectivity index (χ3n) is 3.36. The highest BCUT2D eigenvalue weighted by Crippen LogP contribution is 2.26. The van der Waals surface area contributed by atoms with Crippen LogP contribution in [0.2, 0.25) is 0 Å². The maximum absolute atomic E-state index is 3.62. The molecular weight excluding hydrogens is 312 g/mol. The summed E-state index contributed by atoms with van der Waals surface area (Å²) in [5.41, 5.74) is 3.67. The van der Waals surface area contributed by atoms with Gasteiger partial charge in [0.15, 0.2) is 0 Å². The van der Waals surface area contributed by atoms with Gasteiger partial charge >= 0.3 is 0 Å². The lowest BCUT2D eigenvalue weighted by atomic mass is 10.0. The molecule has 2 rings (SSSR count). The van der Waals surface area contributed by atoms with Crippen LogP contribution in [0.25, 0.3) is 0 Å². The maximum Gasteiger partial charge on any atom is 0.0511 e. The van der Waals surface area contributed by atoms with Gasteiger partial charge in [0.2, 0.25) is 0 Å². The summed E-state index contributed by atoms with van der Waals surface area (Å²) < 4.78 is 1.12. The van der Waals surface area contributed by atoms with Gasteiger partial charge < -0.3 is 10.2 Å².